The molecule has 0 radical (unpaired) electrons. The average Bonchev–Trinajstić information content (AvgIpc) is 2.60. The lowest BCUT2D eigenvalue weighted by Gasteiger charge is -2.31. The molecule has 0 bridgehead atoms. The van der Waals surface area contributed by atoms with Crippen LogP contribution in [0.5, 0.6) is 0 Å². The van der Waals surface area contributed by atoms with Crippen LogP contribution in [-0.4, -0.2) is 17.0 Å². The molecule has 0 saturated heterocycles. The van der Waals surface area contributed by atoms with Crippen molar-refractivity contribution >= 4 is 11.9 Å². The van der Waals surface area contributed by atoms with E-state index in [0.717, 1.165) is 19.3 Å². The summed E-state index contributed by atoms with van der Waals surface area (Å²) >= 11 is 0. The van der Waals surface area contributed by atoms with Crippen LogP contribution < -0.4 is 5.73 Å². The summed E-state index contributed by atoms with van der Waals surface area (Å²) < 4.78 is 0. The standard InChI is InChI=1S/C13H21NO3/c1-7-4-5-8-12(2,3)13(8,6-7)9(10(14)15)11(16)17/h7-9H,4-6H2,1-3H3,(H2,14,15)(H,16,17). The van der Waals surface area contributed by atoms with E-state index in [1.807, 2.05) is 0 Å². The van der Waals surface area contributed by atoms with Gasteiger partial charge in [0, 0.05) is 5.41 Å². The Morgan fingerprint density at radius 2 is 1.94 bits per heavy atom. The molecule has 2 aliphatic carbocycles. The largest absolute Gasteiger partial charge is 0.481 e. The lowest BCUT2D eigenvalue weighted by Crippen LogP contribution is -2.41. The molecule has 2 saturated carbocycles. The lowest BCUT2D eigenvalue weighted by atomic mass is 9.72. The highest BCUT2D eigenvalue weighted by atomic mass is 16.4. The number of fused-ring (bicyclic) bond motifs is 1. The molecular weight excluding hydrogens is 218 g/mol. The number of hydrogen-bond acceptors (Lipinski definition) is 2. The molecule has 4 atom stereocenters. The smallest absolute Gasteiger partial charge is 0.316 e. The number of primary amides is 1. The van der Waals surface area contributed by atoms with Gasteiger partial charge in [0.2, 0.25) is 5.91 Å². The van der Waals surface area contributed by atoms with E-state index >= 15 is 0 Å². The summed E-state index contributed by atoms with van der Waals surface area (Å²) in [4.78, 5) is 22.9. The SMILES string of the molecule is CC1CCC2C(C)(C)C2(C(C(N)=O)C(=O)O)C1. The van der Waals surface area contributed by atoms with Gasteiger partial charge in [-0.1, -0.05) is 27.2 Å². The van der Waals surface area contributed by atoms with E-state index in [-0.39, 0.29) is 5.41 Å². The van der Waals surface area contributed by atoms with E-state index in [9.17, 15) is 14.7 Å². The molecule has 4 heteroatoms. The Morgan fingerprint density at radius 1 is 1.35 bits per heavy atom. The monoisotopic (exact) mass is 239 g/mol. The number of nitrogens with two attached hydrogens (primary N) is 1. The van der Waals surface area contributed by atoms with Crippen LogP contribution in [0, 0.1) is 28.6 Å². The molecule has 0 aromatic heterocycles. The molecule has 1 amide bonds. The highest BCUT2D eigenvalue weighted by molar-refractivity contribution is 5.98. The Labute approximate surface area is 102 Å². The number of amides is 1. The van der Waals surface area contributed by atoms with Crippen LogP contribution in [0.1, 0.15) is 40.0 Å². The molecule has 4 nitrogen and oxygen atoms in total. The van der Waals surface area contributed by atoms with Gasteiger partial charge in [-0.2, -0.15) is 0 Å². The molecule has 3 N–H and O–H groups in total. The van der Waals surface area contributed by atoms with Crippen molar-refractivity contribution in [2.45, 2.75) is 40.0 Å². The number of aliphatic carboxylic acids is 1. The highest BCUT2D eigenvalue weighted by Gasteiger charge is 2.76. The van der Waals surface area contributed by atoms with Gasteiger partial charge < -0.3 is 10.8 Å². The maximum Gasteiger partial charge on any atom is 0.316 e. The Morgan fingerprint density at radius 3 is 2.41 bits per heavy atom. The van der Waals surface area contributed by atoms with Crippen LogP contribution in [0.3, 0.4) is 0 Å². The molecule has 2 fully saturated rings. The Balaban J connectivity index is 2.39. The number of carboxylic acids is 1. The fraction of sp³-hybridized carbons (Fsp3) is 0.846. The van der Waals surface area contributed by atoms with Crippen molar-refractivity contribution in [3.8, 4) is 0 Å². The fourth-order valence-electron chi connectivity index (χ4n) is 4.44. The molecule has 0 spiro atoms. The van der Waals surface area contributed by atoms with Crippen molar-refractivity contribution in [3.63, 3.8) is 0 Å². The number of carbonyl (C=O) groups excluding carboxylic acids is 1. The molecular formula is C13H21NO3. The van der Waals surface area contributed by atoms with Crippen LogP contribution in [-0.2, 0) is 9.59 Å². The van der Waals surface area contributed by atoms with Gasteiger partial charge in [0.15, 0.2) is 0 Å². The summed E-state index contributed by atoms with van der Waals surface area (Å²) in [5.41, 5.74) is 4.85. The van der Waals surface area contributed by atoms with Gasteiger partial charge in [-0.05, 0) is 30.1 Å². The van der Waals surface area contributed by atoms with Crippen molar-refractivity contribution in [1.82, 2.24) is 0 Å². The predicted molar refractivity (Wildman–Crippen MR) is 63.0 cm³/mol. The van der Waals surface area contributed by atoms with E-state index in [1.54, 1.807) is 0 Å². The van der Waals surface area contributed by atoms with Crippen LogP contribution in [0.25, 0.3) is 0 Å². The predicted octanol–water partition coefficient (Wildman–Crippen LogP) is 1.63. The zero-order chi connectivity index (χ0) is 13.0. The summed E-state index contributed by atoms with van der Waals surface area (Å²) in [5, 5.41) is 9.31. The molecule has 0 heterocycles. The fourth-order valence-corrected chi connectivity index (χ4v) is 4.44. The first-order valence-electron chi connectivity index (χ1n) is 6.27. The number of carboxylic acid groups (broad SMARTS) is 1. The second kappa shape index (κ2) is 3.47. The van der Waals surface area contributed by atoms with Crippen molar-refractivity contribution in [2.75, 3.05) is 0 Å². The quantitative estimate of drug-likeness (QED) is 0.734. The summed E-state index contributed by atoms with van der Waals surface area (Å²) in [6.07, 6.45) is 2.96. The third-order valence-corrected chi connectivity index (χ3v) is 5.29. The number of carbonyl (C=O) groups is 2. The highest BCUT2D eigenvalue weighted by Crippen LogP contribution is 2.78. The summed E-state index contributed by atoms with van der Waals surface area (Å²) in [6, 6.07) is 0. The van der Waals surface area contributed by atoms with Gasteiger partial charge in [-0.3, -0.25) is 9.59 Å². The van der Waals surface area contributed by atoms with Gasteiger partial charge in [0.1, 0.15) is 5.92 Å². The molecule has 96 valence electrons. The van der Waals surface area contributed by atoms with Gasteiger partial charge >= 0.3 is 5.97 Å². The van der Waals surface area contributed by atoms with Crippen LogP contribution in [0.2, 0.25) is 0 Å². The number of rotatable bonds is 3. The van der Waals surface area contributed by atoms with E-state index in [0.29, 0.717) is 11.8 Å². The van der Waals surface area contributed by atoms with E-state index in [4.69, 9.17) is 5.73 Å². The Bertz CT molecular complexity index is 363. The third kappa shape index (κ3) is 1.42. The lowest BCUT2D eigenvalue weighted by molar-refractivity contribution is -0.151. The molecule has 0 aliphatic heterocycles. The van der Waals surface area contributed by atoms with E-state index in [1.165, 1.54) is 0 Å². The van der Waals surface area contributed by atoms with Gasteiger partial charge in [-0.25, -0.2) is 0 Å². The van der Waals surface area contributed by atoms with Crippen LogP contribution in [0.4, 0.5) is 0 Å². The second-order valence-corrected chi connectivity index (χ2v) is 6.37. The van der Waals surface area contributed by atoms with E-state index in [2.05, 4.69) is 20.8 Å². The van der Waals surface area contributed by atoms with Crippen LogP contribution in [0.15, 0.2) is 0 Å². The maximum absolute atomic E-state index is 11.5. The summed E-state index contributed by atoms with van der Waals surface area (Å²) in [6.45, 7) is 6.29. The van der Waals surface area contributed by atoms with E-state index < -0.39 is 23.2 Å². The maximum atomic E-state index is 11.5. The minimum Gasteiger partial charge on any atom is -0.481 e. The zero-order valence-electron chi connectivity index (χ0n) is 10.7. The Kier molecular flexibility index (Phi) is 2.53. The zero-order valence-corrected chi connectivity index (χ0v) is 10.7. The first-order chi connectivity index (χ1) is 7.75. The first kappa shape index (κ1) is 12.4. The minimum atomic E-state index is -1.05. The topological polar surface area (TPSA) is 80.4 Å². The summed E-state index contributed by atoms with van der Waals surface area (Å²) in [7, 11) is 0. The van der Waals surface area contributed by atoms with Crippen molar-refractivity contribution in [3.05, 3.63) is 0 Å². The molecule has 0 aromatic carbocycles. The molecule has 4 unspecified atom stereocenters. The second-order valence-electron chi connectivity index (χ2n) is 6.37. The van der Waals surface area contributed by atoms with Gasteiger partial charge in [-0.15, -0.1) is 0 Å². The number of hydrogen-bond donors (Lipinski definition) is 2. The molecule has 2 aliphatic rings. The van der Waals surface area contributed by atoms with Gasteiger partial charge in [0.05, 0.1) is 0 Å². The molecule has 0 aromatic rings. The first-order valence-corrected chi connectivity index (χ1v) is 6.27. The minimum absolute atomic E-state index is 0.0736. The normalized spacial score (nSPS) is 40.2. The van der Waals surface area contributed by atoms with Crippen molar-refractivity contribution in [1.29, 1.82) is 0 Å². The van der Waals surface area contributed by atoms with Crippen molar-refractivity contribution in [2.24, 2.45) is 34.3 Å². The third-order valence-electron chi connectivity index (χ3n) is 5.29. The average molecular weight is 239 g/mol. The molecule has 17 heavy (non-hydrogen) atoms. The van der Waals surface area contributed by atoms with Crippen molar-refractivity contribution < 1.29 is 14.7 Å². The van der Waals surface area contributed by atoms with Crippen LogP contribution >= 0.6 is 0 Å². The van der Waals surface area contributed by atoms with Gasteiger partial charge in [0.25, 0.3) is 0 Å². The summed E-state index contributed by atoms with van der Waals surface area (Å²) in [5.74, 6) is -1.94. The molecule has 2 rings (SSSR count). The Hall–Kier alpha value is -1.06.